The molecule has 4 heteroatoms. The van der Waals surface area contributed by atoms with E-state index in [-0.39, 0.29) is 11.3 Å². The van der Waals surface area contributed by atoms with Gasteiger partial charge < -0.3 is 10.1 Å². The molecule has 0 unspecified atom stereocenters. The molecule has 2 aromatic rings. The lowest BCUT2D eigenvalue weighted by molar-refractivity contribution is -0.116. The van der Waals surface area contributed by atoms with Gasteiger partial charge in [0, 0.05) is 10.9 Å². The molecule has 0 bridgehead atoms. The van der Waals surface area contributed by atoms with Gasteiger partial charge in [0.2, 0.25) is 5.91 Å². The highest BCUT2D eigenvalue weighted by molar-refractivity contribution is 9.10. The number of hydrogen-bond donors (Lipinski definition) is 1. The lowest BCUT2D eigenvalue weighted by Crippen LogP contribution is -2.15. The molecule has 0 aliphatic carbocycles. The number of anilines is 1. The summed E-state index contributed by atoms with van der Waals surface area (Å²) in [7, 11) is 0. The van der Waals surface area contributed by atoms with Gasteiger partial charge in [0.1, 0.15) is 5.75 Å². The van der Waals surface area contributed by atoms with Crippen molar-refractivity contribution in [1.29, 1.82) is 0 Å². The Morgan fingerprint density at radius 2 is 1.85 bits per heavy atom. The van der Waals surface area contributed by atoms with Crippen molar-refractivity contribution in [3.63, 3.8) is 0 Å². The van der Waals surface area contributed by atoms with Crippen molar-refractivity contribution >= 4 is 27.5 Å². The number of carbonyl (C=O) groups is 1. The van der Waals surface area contributed by atoms with Gasteiger partial charge in [0.05, 0.1) is 12.3 Å². The van der Waals surface area contributed by atoms with Gasteiger partial charge in [0.15, 0.2) is 0 Å². The Kier molecular flexibility index (Phi) is 6.87. The SMILES string of the molecule is Cc1ccc(OCCCC(=O)Nc2ccc(C(C)(C)C)cc2Br)c(C)c1. The molecular weight excluding hydrogens is 390 g/mol. The van der Waals surface area contributed by atoms with Crippen LogP contribution in [-0.2, 0) is 10.2 Å². The van der Waals surface area contributed by atoms with E-state index in [9.17, 15) is 4.79 Å². The number of carbonyl (C=O) groups excluding carboxylic acids is 1. The van der Waals surface area contributed by atoms with E-state index in [2.05, 4.69) is 67.1 Å². The summed E-state index contributed by atoms with van der Waals surface area (Å²) in [6.07, 6.45) is 1.11. The third-order valence-electron chi connectivity index (χ3n) is 4.25. The summed E-state index contributed by atoms with van der Waals surface area (Å²) in [5.41, 5.74) is 4.45. The van der Waals surface area contributed by atoms with Gasteiger partial charge in [-0.1, -0.05) is 44.5 Å². The molecule has 0 aliphatic heterocycles. The Morgan fingerprint density at radius 1 is 1.12 bits per heavy atom. The quantitative estimate of drug-likeness (QED) is 0.571. The second kappa shape index (κ2) is 8.72. The summed E-state index contributed by atoms with van der Waals surface area (Å²) < 4.78 is 6.69. The van der Waals surface area contributed by atoms with Crippen LogP contribution in [0.25, 0.3) is 0 Å². The average Bonchev–Trinajstić information content (AvgIpc) is 2.54. The molecule has 0 fully saturated rings. The largest absolute Gasteiger partial charge is 0.493 e. The van der Waals surface area contributed by atoms with Gasteiger partial charge >= 0.3 is 0 Å². The van der Waals surface area contributed by atoms with Crippen LogP contribution in [0.3, 0.4) is 0 Å². The van der Waals surface area contributed by atoms with Crippen molar-refractivity contribution in [2.75, 3.05) is 11.9 Å². The average molecular weight is 418 g/mol. The van der Waals surface area contributed by atoms with Crippen LogP contribution in [0, 0.1) is 13.8 Å². The van der Waals surface area contributed by atoms with Crippen molar-refractivity contribution in [3.8, 4) is 5.75 Å². The third kappa shape index (κ3) is 5.87. The van der Waals surface area contributed by atoms with E-state index in [1.807, 2.05) is 25.1 Å². The Hall–Kier alpha value is -1.81. The first-order valence-electron chi connectivity index (χ1n) is 8.97. The predicted octanol–water partition coefficient (Wildman–Crippen LogP) is 6.16. The molecule has 0 spiro atoms. The zero-order chi connectivity index (χ0) is 19.3. The van der Waals surface area contributed by atoms with Crippen molar-refractivity contribution in [1.82, 2.24) is 0 Å². The topological polar surface area (TPSA) is 38.3 Å². The van der Waals surface area contributed by atoms with Crippen molar-refractivity contribution < 1.29 is 9.53 Å². The Morgan fingerprint density at radius 3 is 2.46 bits per heavy atom. The van der Waals surface area contributed by atoms with Crippen LogP contribution in [0.4, 0.5) is 5.69 Å². The van der Waals surface area contributed by atoms with Crippen molar-refractivity contribution in [2.45, 2.75) is 52.9 Å². The standard InChI is InChI=1S/C22H28BrNO2/c1-15-8-11-20(16(2)13-15)26-12-6-7-21(25)24-19-10-9-17(14-18(19)23)22(3,4)5/h8-11,13-14H,6-7,12H2,1-5H3,(H,24,25). The van der Waals surface area contributed by atoms with Crippen LogP contribution in [0.2, 0.25) is 0 Å². The minimum atomic E-state index is -0.00145. The number of amides is 1. The first-order chi connectivity index (χ1) is 12.2. The number of nitrogens with one attached hydrogen (secondary N) is 1. The normalized spacial score (nSPS) is 11.3. The number of ether oxygens (including phenoxy) is 1. The van der Waals surface area contributed by atoms with E-state index in [0.29, 0.717) is 19.4 Å². The molecule has 0 radical (unpaired) electrons. The van der Waals surface area contributed by atoms with Crippen molar-refractivity contribution in [3.05, 3.63) is 57.6 Å². The van der Waals surface area contributed by atoms with E-state index in [0.717, 1.165) is 21.5 Å². The van der Waals surface area contributed by atoms with E-state index in [4.69, 9.17) is 4.74 Å². The lowest BCUT2D eigenvalue weighted by atomic mass is 9.87. The summed E-state index contributed by atoms with van der Waals surface area (Å²) in [5, 5.41) is 2.97. The van der Waals surface area contributed by atoms with Crippen LogP contribution in [0.15, 0.2) is 40.9 Å². The summed E-state index contributed by atoms with van der Waals surface area (Å²) in [6.45, 7) is 11.1. The van der Waals surface area contributed by atoms with Gasteiger partial charge in [0.25, 0.3) is 0 Å². The molecule has 1 N–H and O–H groups in total. The molecule has 2 aromatic carbocycles. The van der Waals surface area contributed by atoms with Gasteiger partial charge in [-0.15, -0.1) is 0 Å². The zero-order valence-corrected chi connectivity index (χ0v) is 17.9. The Bertz CT molecular complexity index is 778. The summed E-state index contributed by atoms with van der Waals surface area (Å²) in [6, 6.07) is 12.2. The van der Waals surface area contributed by atoms with E-state index in [1.165, 1.54) is 11.1 Å². The predicted molar refractivity (Wildman–Crippen MR) is 112 cm³/mol. The van der Waals surface area contributed by atoms with Gasteiger partial charge in [-0.3, -0.25) is 4.79 Å². The molecule has 1 amide bonds. The fraction of sp³-hybridized carbons (Fsp3) is 0.409. The Labute approximate surface area is 165 Å². The lowest BCUT2D eigenvalue weighted by Gasteiger charge is -2.20. The zero-order valence-electron chi connectivity index (χ0n) is 16.3. The third-order valence-corrected chi connectivity index (χ3v) is 4.90. The van der Waals surface area contributed by atoms with Crippen LogP contribution in [0.5, 0.6) is 5.75 Å². The number of hydrogen-bond acceptors (Lipinski definition) is 2. The molecule has 0 aromatic heterocycles. The van der Waals surface area contributed by atoms with Gasteiger partial charge in [-0.05, 0) is 70.9 Å². The highest BCUT2D eigenvalue weighted by Gasteiger charge is 2.15. The summed E-state index contributed by atoms with van der Waals surface area (Å²) >= 11 is 3.55. The molecule has 140 valence electrons. The van der Waals surface area contributed by atoms with Crippen LogP contribution >= 0.6 is 15.9 Å². The molecule has 0 aliphatic rings. The highest BCUT2D eigenvalue weighted by atomic mass is 79.9. The van der Waals surface area contributed by atoms with Crippen molar-refractivity contribution in [2.24, 2.45) is 0 Å². The molecule has 3 nitrogen and oxygen atoms in total. The van der Waals surface area contributed by atoms with Gasteiger partial charge in [-0.2, -0.15) is 0 Å². The molecular formula is C22H28BrNO2. The summed E-state index contributed by atoms with van der Waals surface area (Å²) in [5.74, 6) is 0.884. The molecule has 0 atom stereocenters. The van der Waals surface area contributed by atoms with E-state index in [1.54, 1.807) is 0 Å². The fourth-order valence-electron chi connectivity index (χ4n) is 2.67. The highest BCUT2D eigenvalue weighted by Crippen LogP contribution is 2.30. The smallest absolute Gasteiger partial charge is 0.224 e. The molecule has 0 saturated heterocycles. The molecule has 0 saturated carbocycles. The minimum Gasteiger partial charge on any atom is -0.493 e. The maximum atomic E-state index is 12.2. The molecule has 26 heavy (non-hydrogen) atoms. The fourth-order valence-corrected chi connectivity index (χ4v) is 3.15. The van der Waals surface area contributed by atoms with E-state index >= 15 is 0 Å². The molecule has 0 heterocycles. The number of rotatable bonds is 6. The second-order valence-electron chi connectivity index (χ2n) is 7.71. The second-order valence-corrected chi connectivity index (χ2v) is 8.57. The first kappa shape index (κ1) is 20.5. The van der Waals surface area contributed by atoms with Crippen LogP contribution in [0.1, 0.15) is 50.3 Å². The Balaban J connectivity index is 1.82. The van der Waals surface area contributed by atoms with Crippen LogP contribution < -0.4 is 10.1 Å². The number of benzene rings is 2. The maximum Gasteiger partial charge on any atom is 0.224 e. The summed E-state index contributed by atoms with van der Waals surface area (Å²) in [4.78, 5) is 12.2. The van der Waals surface area contributed by atoms with E-state index < -0.39 is 0 Å². The molecule has 2 rings (SSSR count). The monoisotopic (exact) mass is 417 g/mol. The van der Waals surface area contributed by atoms with Gasteiger partial charge in [-0.25, -0.2) is 0 Å². The maximum absolute atomic E-state index is 12.2. The number of aryl methyl sites for hydroxylation is 2. The first-order valence-corrected chi connectivity index (χ1v) is 9.76. The number of halogens is 1. The minimum absolute atomic E-state index is 0.00145. The van der Waals surface area contributed by atoms with Crippen LogP contribution in [-0.4, -0.2) is 12.5 Å².